The summed E-state index contributed by atoms with van der Waals surface area (Å²) in [6.07, 6.45) is 4.92. The molecule has 0 bridgehead atoms. The van der Waals surface area contributed by atoms with Crippen molar-refractivity contribution in [2.45, 2.75) is 45.3 Å². The van der Waals surface area contributed by atoms with Crippen molar-refractivity contribution in [3.8, 4) is 5.88 Å². The summed E-state index contributed by atoms with van der Waals surface area (Å²) >= 11 is 0. The highest BCUT2D eigenvalue weighted by molar-refractivity contribution is 5.68. The van der Waals surface area contributed by atoms with Crippen molar-refractivity contribution >= 4 is 11.5 Å². The van der Waals surface area contributed by atoms with Gasteiger partial charge in [-0.2, -0.15) is 4.98 Å². The van der Waals surface area contributed by atoms with Crippen LogP contribution in [-0.4, -0.2) is 40.4 Å². The van der Waals surface area contributed by atoms with Gasteiger partial charge in [0, 0.05) is 12.6 Å². The standard InChI is InChI=1S/C13H22N4O2/c1-9(2)19-13-11(14)12(15-8-16-13)17(6-7-18)10-4-3-5-10/h8-10,18H,3-7,14H2,1-2H3. The van der Waals surface area contributed by atoms with Gasteiger partial charge in [0.2, 0.25) is 5.88 Å². The summed E-state index contributed by atoms with van der Waals surface area (Å²) in [5.74, 6) is 1.09. The van der Waals surface area contributed by atoms with Crippen LogP contribution in [0.2, 0.25) is 0 Å². The normalized spacial score (nSPS) is 15.4. The highest BCUT2D eigenvalue weighted by Gasteiger charge is 2.28. The molecule has 0 unspecified atom stereocenters. The molecule has 6 heteroatoms. The van der Waals surface area contributed by atoms with Gasteiger partial charge < -0.3 is 20.5 Å². The minimum absolute atomic E-state index is 0.0139. The molecule has 106 valence electrons. The second kappa shape index (κ2) is 6.06. The number of hydrogen-bond acceptors (Lipinski definition) is 6. The molecule has 1 aromatic rings. The lowest BCUT2D eigenvalue weighted by molar-refractivity contribution is 0.233. The van der Waals surface area contributed by atoms with Crippen molar-refractivity contribution in [2.24, 2.45) is 0 Å². The van der Waals surface area contributed by atoms with Crippen LogP contribution in [0.4, 0.5) is 11.5 Å². The third-order valence-electron chi connectivity index (χ3n) is 3.30. The molecule has 0 atom stereocenters. The zero-order valence-corrected chi connectivity index (χ0v) is 11.5. The first-order chi connectivity index (χ1) is 9.13. The van der Waals surface area contributed by atoms with Gasteiger partial charge in [-0.1, -0.05) is 0 Å². The topological polar surface area (TPSA) is 84.5 Å². The van der Waals surface area contributed by atoms with Crippen molar-refractivity contribution in [2.75, 3.05) is 23.8 Å². The van der Waals surface area contributed by atoms with E-state index in [4.69, 9.17) is 10.5 Å². The maximum atomic E-state index is 9.21. The quantitative estimate of drug-likeness (QED) is 0.804. The van der Waals surface area contributed by atoms with E-state index >= 15 is 0 Å². The molecule has 1 aliphatic carbocycles. The van der Waals surface area contributed by atoms with Crippen molar-refractivity contribution < 1.29 is 9.84 Å². The molecule has 6 nitrogen and oxygen atoms in total. The van der Waals surface area contributed by atoms with Crippen molar-refractivity contribution in [1.82, 2.24) is 9.97 Å². The van der Waals surface area contributed by atoms with E-state index in [1.54, 1.807) is 0 Å². The Morgan fingerprint density at radius 2 is 2.21 bits per heavy atom. The molecular formula is C13H22N4O2. The van der Waals surface area contributed by atoms with Crippen LogP contribution in [0, 0.1) is 0 Å². The molecule has 1 saturated carbocycles. The van der Waals surface area contributed by atoms with E-state index < -0.39 is 0 Å². The van der Waals surface area contributed by atoms with Crippen molar-refractivity contribution in [3.63, 3.8) is 0 Å². The molecule has 0 radical (unpaired) electrons. The Bertz CT molecular complexity index is 421. The van der Waals surface area contributed by atoms with Crippen molar-refractivity contribution in [3.05, 3.63) is 6.33 Å². The number of aliphatic hydroxyl groups excluding tert-OH is 1. The maximum absolute atomic E-state index is 9.21. The zero-order chi connectivity index (χ0) is 13.8. The summed E-state index contributed by atoms with van der Waals surface area (Å²) in [5, 5.41) is 9.21. The highest BCUT2D eigenvalue weighted by atomic mass is 16.5. The average Bonchev–Trinajstić information content (AvgIpc) is 2.28. The summed E-state index contributed by atoms with van der Waals surface area (Å²) in [6.45, 7) is 4.48. The molecule has 0 saturated heterocycles. The SMILES string of the molecule is CC(C)Oc1ncnc(N(CCO)C2CCC2)c1N. The van der Waals surface area contributed by atoms with Crippen molar-refractivity contribution in [1.29, 1.82) is 0 Å². The van der Waals surface area contributed by atoms with Crippen LogP contribution in [0.1, 0.15) is 33.1 Å². The van der Waals surface area contributed by atoms with Gasteiger partial charge in [-0.15, -0.1) is 0 Å². The summed E-state index contributed by atoms with van der Waals surface area (Å²) in [4.78, 5) is 10.4. The van der Waals surface area contributed by atoms with Crippen LogP contribution >= 0.6 is 0 Å². The van der Waals surface area contributed by atoms with E-state index in [1.807, 2.05) is 13.8 Å². The Labute approximate surface area is 113 Å². The third kappa shape index (κ3) is 3.07. The third-order valence-corrected chi connectivity index (χ3v) is 3.30. The van der Waals surface area contributed by atoms with Gasteiger partial charge in [0.25, 0.3) is 0 Å². The molecule has 1 aromatic heterocycles. The van der Waals surface area contributed by atoms with Gasteiger partial charge in [-0.25, -0.2) is 4.98 Å². The average molecular weight is 266 g/mol. The molecule has 0 aliphatic heterocycles. The molecule has 1 heterocycles. The van der Waals surface area contributed by atoms with E-state index in [0.717, 1.165) is 12.8 Å². The second-order valence-electron chi connectivity index (χ2n) is 5.08. The van der Waals surface area contributed by atoms with E-state index in [2.05, 4.69) is 14.9 Å². The van der Waals surface area contributed by atoms with Crippen LogP contribution in [0.25, 0.3) is 0 Å². The van der Waals surface area contributed by atoms with Gasteiger partial charge >= 0.3 is 0 Å². The summed E-state index contributed by atoms with van der Waals surface area (Å²) < 4.78 is 5.58. The number of nitrogen functional groups attached to an aromatic ring is 1. The van der Waals surface area contributed by atoms with E-state index in [0.29, 0.717) is 30.0 Å². The monoisotopic (exact) mass is 266 g/mol. The van der Waals surface area contributed by atoms with Crippen LogP contribution in [0.5, 0.6) is 5.88 Å². The minimum atomic E-state index is 0.0139. The summed E-state index contributed by atoms with van der Waals surface area (Å²) in [7, 11) is 0. The number of nitrogens with two attached hydrogens (primary N) is 1. The van der Waals surface area contributed by atoms with Gasteiger partial charge in [-0.3, -0.25) is 0 Å². The van der Waals surface area contributed by atoms with Gasteiger partial charge in [0.15, 0.2) is 5.82 Å². The molecule has 1 aliphatic rings. The van der Waals surface area contributed by atoms with Crippen LogP contribution in [-0.2, 0) is 0 Å². The first kappa shape index (κ1) is 13.9. The fourth-order valence-corrected chi connectivity index (χ4v) is 2.18. The largest absolute Gasteiger partial charge is 0.473 e. The number of ether oxygens (including phenoxy) is 1. The highest BCUT2D eigenvalue weighted by Crippen LogP contribution is 2.34. The zero-order valence-electron chi connectivity index (χ0n) is 11.5. The Balaban J connectivity index is 2.25. The first-order valence-electron chi connectivity index (χ1n) is 6.78. The summed E-state index contributed by atoms with van der Waals surface area (Å²) in [5.41, 5.74) is 6.56. The van der Waals surface area contributed by atoms with Gasteiger partial charge in [-0.05, 0) is 33.1 Å². The second-order valence-corrected chi connectivity index (χ2v) is 5.08. The van der Waals surface area contributed by atoms with E-state index in [9.17, 15) is 5.11 Å². The fraction of sp³-hybridized carbons (Fsp3) is 0.692. The molecule has 0 amide bonds. The Morgan fingerprint density at radius 1 is 1.47 bits per heavy atom. The number of anilines is 2. The molecule has 3 N–H and O–H groups in total. The molecule has 19 heavy (non-hydrogen) atoms. The number of hydrogen-bond donors (Lipinski definition) is 2. The van der Waals surface area contributed by atoms with E-state index in [1.165, 1.54) is 12.7 Å². The first-order valence-corrected chi connectivity index (χ1v) is 6.78. The predicted molar refractivity (Wildman–Crippen MR) is 74.3 cm³/mol. The Kier molecular flexibility index (Phi) is 4.42. The molecule has 2 rings (SSSR count). The molecular weight excluding hydrogens is 244 g/mol. The number of aromatic nitrogens is 2. The lowest BCUT2D eigenvalue weighted by atomic mass is 9.91. The predicted octanol–water partition coefficient (Wildman–Crippen LogP) is 1.20. The maximum Gasteiger partial charge on any atom is 0.242 e. The molecule has 0 spiro atoms. The number of aliphatic hydroxyl groups is 1. The van der Waals surface area contributed by atoms with Gasteiger partial charge in [0.05, 0.1) is 12.7 Å². The lowest BCUT2D eigenvalue weighted by Crippen LogP contribution is -2.42. The summed E-state index contributed by atoms with van der Waals surface area (Å²) in [6, 6.07) is 0.413. The smallest absolute Gasteiger partial charge is 0.242 e. The van der Waals surface area contributed by atoms with Gasteiger partial charge in [0.1, 0.15) is 12.0 Å². The Morgan fingerprint density at radius 3 is 2.74 bits per heavy atom. The van der Waals surface area contributed by atoms with Crippen LogP contribution < -0.4 is 15.4 Å². The molecule has 0 aromatic carbocycles. The Hall–Kier alpha value is -1.56. The van der Waals surface area contributed by atoms with E-state index in [-0.39, 0.29) is 12.7 Å². The number of nitrogens with zero attached hydrogens (tertiary/aromatic N) is 3. The lowest BCUT2D eigenvalue weighted by Gasteiger charge is -2.38. The molecule has 1 fully saturated rings. The fourth-order valence-electron chi connectivity index (χ4n) is 2.18. The van der Waals surface area contributed by atoms with Crippen LogP contribution in [0.3, 0.4) is 0 Å². The van der Waals surface area contributed by atoms with Crippen LogP contribution in [0.15, 0.2) is 6.33 Å². The number of rotatable bonds is 6. The minimum Gasteiger partial charge on any atom is -0.473 e.